The van der Waals surface area contributed by atoms with Crippen LogP contribution in [0.5, 0.6) is 5.88 Å². The molecule has 148 valence electrons. The Morgan fingerprint density at radius 2 is 1.88 bits per heavy atom. The number of aromatic nitrogens is 1. The molecule has 0 saturated heterocycles. The van der Waals surface area contributed by atoms with Crippen LogP contribution >= 0.6 is 11.3 Å². The summed E-state index contributed by atoms with van der Waals surface area (Å²) in [5.41, 5.74) is -0.522. The minimum Gasteiger partial charge on any atom is -0.473 e. The van der Waals surface area contributed by atoms with Gasteiger partial charge in [0.25, 0.3) is 0 Å². The fourth-order valence-corrected chi connectivity index (χ4v) is 2.88. The summed E-state index contributed by atoms with van der Waals surface area (Å²) in [6, 6.07) is -0.0578. The zero-order chi connectivity index (χ0) is 19.9. The van der Waals surface area contributed by atoms with Crippen molar-refractivity contribution in [1.29, 1.82) is 0 Å². The van der Waals surface area contributed by atoms with Gasteiger partial charge in [0.15, 0.2) is 4.88 Å². The van der Waals surface area contributed by atoms with Gasteiger partial charge in [-0.15, -0.1) is 11.3 Å². The molecule has 1 N–H and O–H groups in total. The maximum Gasteiger partial charge on any atom is 0.407 e. The lowest BCUT2D eigenvalue weighted by Gasteiger charge is -2.22. The molecule has 2 unspecified atom stereocenters. The molecule has 0 fully saturated rings. The van der Waals surface area contributed by atoms with E-state index >= 15 is 0 Å². The first-order chi connectivity index (χ1) is 12.0. The molecule has 8 heteroatoms. The molecule has 0 saturated carbocycles. The van der Waals surface area contributed by atoms with E-state index in [2.05, 4.69) is 10.3 Å². The van der Waals surface area contributed by atoms with Crippen molar-refractivity contribution in [2.75, 3.05) is 6.61 Å². The van der Waals surface area contributed by atoms with Crippen molar-refractivity contribution in [1.82, 2.24) is 10.3 Å². The maximum atomic E-state index is 12.0. The van der Waals surface area contributed by atoms with E-state index in [1.54, 1.807) is 6.92 Å². The van der Waals surface area contributed by atoms with Crippen molar-refractivity contribution < 1.29 is 23.8 Å². The molecule has 26 heavy (non-hydrogen) atoms. The predicted octanol–water partition coefficient (Wildman–Crippen LogP) is 4.09. The monoisotopic (exact) mass is 386 g/mol. The normalized spacial score (nSPS) is 13.7. The Morgan fingerprint density at radius 3 is 2.46 bits per heavy atom. The molecule has 0 radical (unpaired) electrons. The Hall–Kier alpha value is -1.83. The Kier molecular flexibility index (Phi) is 8.33. The zero-order valence-electron chi connectivity index (χ0n) is 16.7. The van der Waals surface area contributed by atoms with E-state index in [-0.39, 0.29) is 12.1 Å². The summed E-state index contributed by atoms with van der Waals surface area (Å²) >= 11 is 1.26. The number of thiazole rings is 1. The number of aryl methyl sites for hydroxylation is 1. The van der Waals surface area contributed by atoms with Crippen molar-refractivity contribution >= 4 is 23.4 Å². The second-order valence-corrected chi connectivity index (χ2v) is 8.34. The van der Waals surface area contributed by atoms with Gasteiger partial charge in [-0.05, 0) is 61.3 Å². The summed E-state index contributed by atoms with van der Waals surface area (Å²) in [4.78, 5) is 28.4. The van der Waals surface area contributed by atoms with E-state index in [9.17, 15) is 9.59 Å². The molecule has 1 amide bonds. The summed E-state index contributed by atoms with van der Waals surface area (Å²) in [5, 5.41) is 3.55. The highest BCUT2D eigenvalue weighted by Crippen LogP contribution is 2.27. The highest BCUT2D eigenvalue weighted by Gasteiger charge is 2.22. The van der Waals surface area contributed by atoms with Gasteiger partial charge in [0, 0.05) is 6.04 Å². The van der Waals surface area contributed by atoms with Crippen molar-refractivity contribution in [3.8, 4) is 5.88 Å². The molecular formula is C18H30N2O5S. The van der Waals surface area contributed by atoms with Crippen LogP contribution < -0.4 is 10.1 Å². The Balaban J connectivity index is 2.51. The lowest BCUT2D eigenvalue weighted by atomic mass is 10.1. The SMILES string of the molecule is CCOC(=O)c1sc(C)nc1OC(C)CCC(C)NC(=O)OC(C)(C)C. The average Bonchev–Trinajstić information content (AvgIpc) is 2.84. The molecule has 0 aromatic carbocycles. The van der Waals surface area contributed by atoms with Crippen LogP contribution in [0.25, 0.3) is 0 Å². The molecule has 2 atom stereocenters. The topological polar surface area (TPSA) is 86.8 Å². The van der Waals surface area contributed by atoms with Gasteiger partial charge in [-0.1, -0.05) is 0 Å². The third-order valence-electron chi connectivity index (χ3n) is 3.25. The van der Waals surface area contributed by atoms with E-state index in [1.807, 2.05) is 41.5 Å². The van der Waals surface area contributed by atoms with Gasteiger partial charge in [-0.2, -0.15) is 0 Å². The van der Waals surface area contributed by atoms with Crippen LogP contribution in [0.15, 0.2) is 0 Å². The summed E-state index contributed by atoms with van der Waals surface area (Å²) < 4.78 is 16.1. The molecule has 1 rings (SSSR count). The van der Waals surface area contributed by atoms with Crippen molar-refractivity contribution in [2.24, 2.45) is 0 Å². The summed E-state index contributed by atoms with van der Waals surface area (Å²) in [6.45, 7) is 13.2. The Bertz CT molecular complexity index is 609. The number of nitrogens with zero attached hydrogens (tertiary/aromatic N) is 1. The van der Waals surface area contributed by atoms with Crippen LogP contribution in [0.2, 0.25) is 0 Å². The molecule has 0 spiro atoms. The molecule has 0 aliphatic rings. The number of rotatable bonds is 8. The van der Waals surface area contributed by atoms with Gasteiger partial charge in [-0.25, -0.2) is 14.6 Å². The number of nitrogens with one attached hydrogen (secondary N) is 1. The third-order valence-corrected chi connectivity index (χ3v) is 4.18. The van der Waals surface area contributed by atoms with Crippen molar-refractivity contribution in [3.63, 3.8) is 0 Å². The summed E-state index contributed by atoms with van der Waals surface area (Å²) in [7, 11) is 0. The first-order valence-electron chi connectivity index (χ1n) is 8.82. The summed E-state index contributed by atoms with van der Waals surface area (Å²) in [6.07, 6.45) is 0.805. The molecule has 1 aromatic heterocycles. The van der Waals surface area contributed by atoms with E-state index < -0.39 is 17.7 Å². The fourth-order valence-electron chi connectivity index (χ4n) is 2.13. The number of carbonyl (C=O) groups excluding carboxylic acids is 2. The second-order valence-electron chi connectivity index (χ2n) is 7.14. The van der Waals surface area contributed by atoms with Gasteiger partial charge >= 0.3 is 12.1 Å². The first kappa shape index (κ1) is 22.2. The molecular weight excluding hydrogens is 356 g/mol. The molecule has 1 heterocycles. The maximum absolute atomic E-state index is 12.0. The van der Waals surface area contributed by atoms with Crippen LogP contribution in [0.4, 0.5) is 4.79 Å². The Labute approximate surface area is 159 Å². The predicted molar refractivity (Wildman–Crippen MR) is 101 cm³/mol. The van der Waals surface area contributed by atoms with Crippen LogP contribution in [0.3, 0.4) is 0 Å². The number of alkyl carbamates (subject to hydrolysis) is 1. The zero-order valence-corrected chi connectivity index (χ0v) is 17.5. The smallest absolute Gasteiger partial charge is 0.407 e. The van der Waals surface area contributed by atoms with Gasteiger partial charge in [0.1, 0.15) is 5.60 Å². The lowest BCUT2D eigenvalue weighted by Crippen LogP contribution is -2.38. The number of ether oxygens (including phenoxy) is 3. The van der Waals surface area contributed by atoms with E-state index in [0.29, 0.717) is 30.2 Å². The highest BCUT2D eigenvalue weighted by molar-refractivity contribution is 7.13. The van der Waals surface area contributed by atoms with Gasteiger partial charge in [-0.3, -0.25) is 0 Å². The number of amides is 1. The molecule has 0 bridgehead atoms. The quantitative estimate of drug-likeness (QED) is 0.677. The van der Waals surface area contributed by atoms with Crippen LogP contribution in [-0.2, 0) is 9.47 Å². The third kappa shape index (κ3) is 8.03. The van der Waals surface area contributed by atoms with Crippen LogP contribution in [0, 0.1) is 6.92 Å². The fraction of sp³-hybridized carbons (Fsp3) is 0.722. The minimum absolute atomic E-state index is 0.0578. The van der Waals surface area contributed by atoms with Crippen molar-refractivity contribution in [3.05, 3.63) is 9.88 Å². The molecule has 7 nitrogen and oxygen atoms in total. The first-order valence-corrected chi connectivity index (χ1v) is 9.64. The van der Waals surface area contributed by atoms with Crippen LogP contribution in [-0.4, -0.2) is 41.4 Å². The van der Waals surface area contributed by atoms with E-state index in [0.717, 1.165) is 5.01 Å². The van der Waals surface area contributed by atoms with Gasteiger partial charge < -0.3 is 19.5 Å². The molecule has 0 aliphatic carbocycles. The van der Waals surface area contributed by atoms with Crippen LogP contribution in [0.1, 0.15) is 69.1 Å². The van der Waals surface area contributed by atoms with E-state index in [1.165, 1.54) is 11.3 Å². The standard InChI is InChI=1S/C18H30N2O5S/c1-8-23-16(21)14-15(20-13(4)26-14)24-12(3)10-9-11(2)19-17(22)25-18(5,6)7/h11-12H,8-10H2,1-7H3,(H,19,22). The molecule has 1 aromatic rings. The number of hydrogen-bond acceptors (Lipinski definition) is 7. The van der Waals surface area contributed by atoms with E-state index in [4.69, 9.17) is 14.2 Å². The highest BCUT2D eigenvalue weighted by atomic mass is 32.1. The largest absolute Gasteiger partial charge is 0.473 e. The van der Waals surface area contributed by atoms with Gasteiger partial charge in [0.05, 0.1) is 17.7 Å². The molecule has 0 aliphatic heterocycles. The average molecular weight is 387 g/mol. The Morgan fingerprint density at radius 1 is 1.23 bits per heavy atom. The minimum atomic E-state index is -0.522. The lowest BCUT2D eigenvalue weighted by molar-refractivity contribution is 0.0493. The summed E-state index contributed by atoms with van der Waals surface area (Å²) in [5.74, 6) is -0.105. The number of carbonyl (C=O) groups is 2. The van der Waals surface area contributed by atoms with Crippen molar-refractivity contribution in [2.45, 2.75) is 79.1 Å². The number of hydrogen-bond donors (Lipinski definition) is 1. The second kappa shape index (κ2) is 9.75. The van der Waals surface area contributed by atoms with Gasteiger partial charge in [0.2, 0.25) is 5.88 Å². The number of esters is 1.